The first-order valence-electron chi connectivity index (χ1n) is 9.80. The number of thiazole rings is 1. The van der Waals surface area contributed by atoms with Gasteiger partial charge in [0, 0.05) is 6.54 Å². The number of halogens is 1. The summed E-state index contributed by atoms with van der Waals surface area (Å²) in [7, 11) is 0. The summed E-state index contributed by atoms with van der Waals surface area (Å²) < 4.78 is 26.8. The lowest BCUT2D eigenvalue weighted by Crippen LogP contribution is -2.48. The van der Waals surface area contributed by atoms with Gasteiger partial charge in [-0.2, -0.15) is 0 Å². The lowest BCUT2D eigenvalue weighted by atomic mass is 10.1. The Labute approximate surface area is 187 Å². The quantitative estimate of drug-likeness (QED) is 0.392. The monoisotopic (exact) mass is 460 g/mol. The molecule has 1 saturated heterocycles. The fourth-order valence-corrected chi connectivity index (χ4v) is 5.23. The van der Waals surface area contributed by atoms with Crippen LogP contribution in [0.5, 0.6) is 5.75 Å². The van der Waals surface area contributed by atoms with Gasteiger partial charge in [0.15, 0.2) is 10.1 Å². The second kappa shape index (κ2) is 9.76. The largest absolute Gasteiger partial charge is 0.490 e. The summed E-state index contributed by atoms with van der Waals surface area (Å²) in [4.78, 5) is 30.7. The minimum Gasteiger partial charge on any atom is -0.490 e. The first-order valence-corrected chi connectivity index (χ1v) is 11.6. The van der Waals surface area contributed by atoms with Crippen molar-refractivity contribution in [3.8, 4) is 5.75 Å². The molecule has 0 spiro atoms. The average Bonchev–Trinajstić information content (AvgIpc) is 3.19. The predicted molar refractivity (Wildman–Crippen MR) is 119 cm³/mol. The number of hydrogen-bond acceptors (Lipinski definition) is 7. The zero-order valence-corrected chi connectivity index (χ0v) is 18.5. The van der Waals surface area contributed by atoms with Gasteiger partial charge < -0.3 is 14.4 Å². The van der Waals surface area contributed by atoms with E-state index in [1.807, 2.05) is 24.3 Å². The van der Waals surface area contributed by atoms with Crippen molar-refractivity contribution in [3.63, 3.8) is 0 Å². The van der Waals surface area contributed by atoms with Gasteiger partial charge in [-0.05, 0) is 37.3 Å². The number of fused-ring (bicyclic) bond motifs is 1. The third kappa shape index (κ3) is 5.41. The van der Waals surface area contributed by atoms with Gasteiger partial charge in [0.05, 0.1) is 34.7 Å². The van der Waals surface area contributed by atoms with Crippen LogP contribution in [0.1, 0.15) is 17.3 Å². The minimum absolute atomic E-state index is 0.0174. The van der Waals surface area contributed by atoms with Gasteiger partial charge in [0.25, 0.3) is 0 Å². The number of ketones is 1. The fraction of sp³-hybridized carbons (Fsp3) is 0.318. The van der Waals surface area contributed by atoms with Crippen LogP contribution in [-0.2, 0) is 9.53 Å². The number of carbonyl (C=O) groups is 2. The number of ether oxygens (including phenoxy) is 2. The number of rotatable bonds is 7. The van der Waals surface area contributed by atoms with E-state index in [0.29, 0.717) is 31.2 Å². The van der Waals surface area contributed by atoms with E-state index in [0.717, 1.165) is 20.6 Å². The van der Waals surface area contributed by atoms with Crippen LogP contribution in [0.2, 0.25) is 0 Å². The summed E-state index contributed by atoms with van der Waals surface area (Å²) in [6, 6.07) is 11.7. The molecule has 2 heterocycles. The van der Waals surface area contributed by atoms with Crippen LogP contribution in [0.3, 0.4) is 0 Å². The van der Waals surface area contributed by atoms with Crippen molar-refractivity contribution in [2.75, 3.05) is 32.1 Å². The molecule has 0 bridgehead atoms. The van der Waals surface area contributed by atoms with Gasteiger partial charge >= 0.3 is 0 Å². The van der Waals surface area contributed by atoms with Crippen LogP contribution in [0.15, 0.2) is 46.8 Å². The molecular formula is C22H21FN2O4S2. The number of thioether (sulfide) groups is 1. The molecule has 1 unspecified atom stereocenters. The van der Waals surface area contributed by atoms with Gasteiger partial charge in [-0.1, -0.05) is 23.9 Å². The first-order chi connectivity index (χ1) is 15.0. The van der Waals surface area contributed by atoms with Gasteiger partial charge in [-0.25, -0.2) is 9.37 Å². The predicted octanol–water partition coefficient (Wildman–Crippen LogP) is 4.04. The van der Waals surface area contributed by atoms with E-state index in [1.165, 1.54) is 30.8 Å². The zero-order valence-electron chi connectivity index (χ0n) is 16.9. The van der Waals surface area contributed by atoms with E-state index in [2.05, 4.69) is 4.98 Å². The van der Waals surface area contributed by atoms with Crippen molar-refractivity contribution < 1.29 is 23.5 Å². The molecule has 31 heavy (non-hydrogen) atoms. The Morgan fingerprint density at radius 2 is 2.16 bits per heavy atom. The molecule has 1 atom stereocenters. The Bertz CT molecular complexity index is 1070. The smallest absolute Gasteiger partial charge is 0.233 e. The number of morpholine rings is 1. The van der Waals surface area contributed by atoms with Gasteiger partial charge in [-0.3, -0.25) is 9.59 Å². The summed E-state index contributed by atoms with van der Waals surface area (Å²) in [6.07, 6.45) is -0.324. The van der Waals surface area contributed by atoms with E-state index in [-0.39, 0.29) is 30.0 Å². The highest BCUT2D eigenvalue weighted by atomic mass is 32.2. The number of nitrogens with zero attached hydrogens (tertiary/aromatic N) is 2. The van der Waals surface area contributed by atoms with Crippen molar-refractivity contribution in [3.05, 3.63) is 53.8 Å². The van der Waals surface area contributed by atoms with Gasteiger partial charge in [0.1, 0.15) is 24.3 Å². The third-order valence-corrected chi connectivity index (χ3v) is 6.99. The molecule has 1 amide bonds. The van der Waals surface area contributed by atoms with E-state index in [9.17, 15) is 14.0 Å². The Kier molecular flexibility index (Phi) is 6.84. The number of aromatic nitrogens is 1. The molecule has 162 valence electrons. The van der Waals surface area contributed by atoms with Crippen LogP contribution in [-0.4, -0.2) is 59.7 Å². The highest BCUT2D eigenvalue weighted by molar-refractivity contribution is 8.01. The molecule has 4 rings (SSSR count). The van der Waals surface area contributed by atoms with E-state index >= 15 is 0 Å². The molecule has 9 heteroatoms. The Morgan fingerprint density at radius 3 is 2.97 bits per heavy atom. The summed E-state index contributed by atoms with van der Waals surface area (Å²) in [5.74, 6) is -0.132. The zero-order chi connectivity index (χ0) is 21.8. The highest BCUT2D eigenvalue weighted by Gasteiger charge is 2.25. The summed E-state index contributed by atoms with van der Waals surface area (Å²) in [5, 5.41) is 0. The maximum absolute atomic E-state index is 13.4. The molecule has 0 radical (unpaired) electrons. The lowest BCUT2D eigenvalue weighted by molar-refractivity contribution is -0.137. The third-order valence-electron chi connectivity index (χ3n) is 4.83. The molecule has 2 aromatic carbocycles. The lowest BCUT2D eigenvalue weighted by Gasteiger charge is -2.32. The standard InChI is InChI=1S/C22H21FN2O4S2/c1-14(26)17-10-15(23)6-7-19(17)29-12-16-11-25(8-9-28-16)21(27)13-30-22-24-18-4-2-3-5-20(18)31-22/h2-7,10,16H,8-9,11-13H2,1H3. The highest BCUT2D eigenvalue weighted by Crippen LogP contribution is 2.29. The summed E-state index contributed by atoms with van der Waals surface area (Å²) in [6.45, 7) is 2.86. The van der Waals surface area contributed by atoms with Crippen LogP contribution in [0.25, 0.3) is 10.2 Å². The van der Waals surface area contributed by atoms with Crippen LogP contribution in [0, 0.1) is 5.82 Å². The Morgan fingerprint density at radius 1 is 1.32 bits per heavy atom. The van der Waals surface area contributed by atoms with Gasteiger partial charge in [0.2, 0.25) is 5.91 Å². The maximum Gasteiger partial charge on any atom is 0.233 e. The van der Waals surface area contributed by atoms with Crippen molar-refractivity contribution >= 4 is 45.0 Å². The Hall–Kier alpha value is -2.49. The van der Waals surface area contributed by atoms with Crippen molar-refractivity contribution in [1.29, 1.82) is 0 Å². The number of Topliss-reactive ketones (excluding diaryl/α,β-unsaturated/α-hetero) is 1. The number of benzene rings is 2. The number of amides is 1. The summed E-state index contributed by atoms with van der Waals surface area (Å²) >= 11 is 3.02. The molecule has 0 saturated carbocycles. The fourth-order valence-electron chi connectivity index (χ4n) is 3.26. The molecule has 3 aromatic rings. The summed E-state index contributed by atoms with van der Waals surface area (Å²) in [5.41, 5.74) is 1.13. The second-order valence-electron chi connectivity index (χ2n) is 7.08. The molecule has 0 aliphatic carbocycles. The molecule has 1 aliphatic heterocycles. The number of carbonyl (C=O) groups excluding carboxylic acids is 2. The number of hydrogen-bond donors (Lipinski definition) is 0. The normalized spacial score (nSPS) is 16.5. The molecule has 1 fully saturated rings. The first kappa shape index (κ1) is 21.7. The molecule has 1 aromatic heterocycles. The SMILES string of the molecule is CC(=O)c1cc(F)ccc1OCC1CN(C(=O)CSc2nc3ccccc3s2)CCO1. The topological polar surface area (TPSA) is 68.7 Å². The van der Waals surface area contributed by atoms with E-state index < -0.39 is 5.82 Å². The van der Waals surface area contributed by atoms with Crippen LogP contribution >= 0.6 is 23.1 Å². The average molecular weight is 461 g/mol. The second-order valence-corrected chi connectivity index (χ2v) is 9.33. The van der Waals surface area contributed by atoms with E-state index in [4.69, 9.17) is 9.47 Å². The molecule has 1 aliphatic rings. The van der Waals surface area contributed by atoms with Crippen molar-refractivity contribution in [2.24, 2.45) is 0 Å². The van der Waals surface area contributed by atoms with Crippen LogP contribution < -0.4 is 4.74 Å². The molecule has 6 nitrogen and oxygen atoms in total. The molecule has 0 N–H and O–H groups in total. The van der Waals surface area contributed by atoms with Crippen molar-refractivity contribution in [1.82, 2.24) is 9.88 Å². The van der Waals surface area contributed by atoms with Crippen LogP contribution in [0.4, 0.5) is 4.39 Å². The molecular weight excluding hydrogens is 439 g/mol. The van der Waals surface area contributed by atoms with Crippen molar-refractivity contribution in [2.45, 2.75) is 17.4 Å². The Balaban J connectivity index is 1.31. The minimum atomic E-state index is -0.492. The maximum atomic E-state index is 13.4. The number of para-hydroxylation sites is 1. The van der Waals surface area contributed by atoms with E-state index in [1.54, 1.807) is 16.2 Å². The van der Waals surface area contributed by atoms with Gasteiger partial charge in [-0.15, -0.1) is 11.3 Å².